The number of unbranched alkanes of at least 4 members (excludes halogenated alkanes) is 31. The Morgan fingerprint density at radius 3 is 0.863 bits per heavy atom. The maximum Gasteiger partial charge on any atom is 0.306 e. The van der Waals surface area contributed by atoms with Crippen LogP contribution in [-0.4, -0.2) is 37.2 Å². The maximum absolute atomic E-state index is 12.8. The molecule has 0 rings (SSSR count). The lowest BCUT2D eigenvalue weighted by Gasteiger charge is -2.18. The molecule has 73 heavy (non-hydrogen) atoms. The first-order valence-corrected chi connectivity index (χ1v) is 31.1. The van der Waals surface area contributed by atoms with Gasteiger partial charge in [0.1, 0.15) is 13.2 Å². The van der Waals surface area contributed by atoms with E-state index in [4.69, 9.17) is 14.2 Å². The van der Waals surface area contributed by atoms with Crippen LogP contribution in [0.3, 0.4) is 0 Å². The minimum Gasteiger partial charge on any atom is -0.462 e. The molecule has 0 N–H and O–H groups in total. The smallest absolute Gasteiger partial charge is 0.306 e. The average Bonchev–Trinajstić information content (AvgIpc) is 3.39. The molecule has 0 saturated carbocycles. The van der Waals surface area contributed by atoms with Crippen LogP contribution in [0.5, 0.6) is 0 Å². The molecule has 0 saturated heterocycles. The summed E-state index contributed by atoms with van der Waals surface area (Å²) in [6.07, 6.45) is 80.7. The van der Waals surface area contributed by atoms with Crippen molar-refractivity contribution in [2.75, 3.05) is 13.2 Å². The Morgan fingerprint density at radius 1 is 0.288 bits per heavy atom. The van der Waals surface area contributed by atoms with Crippen molar-refractivity contribution in [3.63, 3.8) is 0 Å². The standard InChI is InChI=1S/C67H116O6/c1-4-7-10-13-15-17-19-21-23-25-26-27-28-29-30-31-32-33-34-35-36-37-38-39-40-42-43-45-47-49-51-54-57-60-66(69)72-63-64(62-71-65(68)59-56-53-12-9-6-3)73-67(70)61-58-55-52-50-48-46-44-41-24-22-20-18-16-14-11-8-5-2/h7,10,15-18,21-24,26-27,29-30,64H,4-6,8-9,11-14,19-20,25,28,31-63H2,1-3H3/b10-7-,17-15-,18-16-,23-21-,24-22-,27-26-,30-29-. The summed E-state index contributed by atoms with van der Waals surface area (Å²) < 4.78 is 16.7. The van der Waals surface area contributed by atoms with Gasteiger partial charge in [0.05, 0.1) is 0 Å². The Kier molecular flexibility index (Phi) is 58.3. The fourth-order valence-corrected chi connectivity index (χ4v) is 8.74. The van der Waals surface area contributed by atoms with Crippen LogP contribution >= 0.6 is 0 Å². The molecule has 6 heteroatoms. The van der Waals surface area contributed by atoms with Crippen molar-refractivity contribution in [2.24, 2.45) is 0 Å². The zero-order valence-electron chi connectivity index (χ0n) is 48.1. The Morgan fingerprint density at radius 2 is 0.534 bits per heavy atom. The molecule has 0 spiro atoms. The van der Waals surface area contributed by atoms with Gasteiger partial charge in [-0.25, -0.2) is 0 Å². The summed E-state index contributed by atoms with van der Waals surface area (Å²) in [6.45, 7) is 6.43. The van der Waals surface area contributed by atoms with E-state index in [9.17, 15) is 14.4 Å². The lowest BCUT2D eigenvalue weighted by Crippen LogP contribution is -2.30. The van der Waals surface area contributed by atoms with Gasteiger partial charge in [-0.1, -0.05) is 273 Å². The van der Waals surface area contributed by atoms with Crippen LogP contribution in [0.25, 0.3) is 0 Å². The molecule has 0 aliphatic heterocycles. The van der Waals surface area contributed by atoms with Crippen molar-refractivity contribution in [1.29, 1.82) is 0 Å². The van der Waals surface area contributed by atoms with Gasteiger partial charge >= 0.3 is 17.9 Å². The van der Waals surface area contributed by atoms with Crippen molar-refractivity contribution >= 4 is 17.9 Å². The molecule has 0 bridgehead atoms. The van der Waals surface area contributed by atoms with Crippen LogP contribution in [0.4, 0.5) is 0 Å². The van der Waals surface area contributed by atoms with Crippen LogP contribution in [-0.2, 0) is 28.6 Å². The Bertz CT molecular complexity index is 1400. The highest BCUT2D eigenvalue weighted by molar-refractivity contribution is 5.71. The van der Waals surface area contributed by atoms with Crippen molar-refractivity contribution in [2.45, 2.75) is 309 Å². The maximum atomic E-state index is 12.8. The van der Waals surface area contributed by atoms with Crippen molar-refractivity contribution in [3.8, 4) is 0 Å². The molecular formula is C67H116O6. The summed E-state index contributed by atoms with van der Waals surface area (Å²) in [5.74, 6) is -0.889. The summed E-state index contributed by atoms with van der Waals surface area (Å²) >= 11 is 0. The molecule has 0 aromatic rings. The van der Waals surface area contributed by atoms with Gasteiger partial charge in [-0.2, -0.15) is 0 Å². The molecule has 0 aliphatic rings. The molecule has 1 atom stereocenters. The van der Waals surface area contributed by atoms with Crippen LogP contribution in [0.1, 0.15) is 303 Å². The number of esters is 3. The first-order valence-electron chi connectivity index (χ1n) is 31.1. The van der Waals surface area contributed by atoms with E-state index in [1.807, 2.05) is 0 Å². The lowest BCUT2D eigenvalue weighted by molar-refractivity contribution is -0.167. The highest BCUT2D eigenvalue weighted by Crippen LogP contribution is 2.16. The molecule has 0 radical (unpaired) electrons. The van der Waals surface area contributed by atoms with E-state index < -0.39 is 6.10 Å². The minimum absolute atomic E-state index is 0.0766. The molecule has 6 nitrogen and oxygen atoms in total. The van der Waals surface area contributed by atoms with Crippen LogP contribution in [0.2, 0.25) is 0 Å². The predicted octanol–water partition coefficient (Wildman–Crippen LogP) is 21.1. The van der Waals surface area contributed by atoms with Gasteiger partial charge in [0, 0.05) is 19.3 Å². The highest BCUT2D eigenvalue weighted by atomic mass is 16.6. The number of hydrogen-bond acceptors (Lipinski definition) is 6. The summed E-state index contributed by atoms with van der Waals surface area (Å²) in [5, 5.41) is 0. The second kappa shape index (κ2) is 61.1. The van der Waals surface area contributed by atoms with Crippen LogP contribution in [0.15, 0.2) is 85.1 Å². The summed E-state index contributed by atoms with van der Waals surface area (Å²) in [5.41, 5.74) is 0. The lowest BCUT2D eigenvalue weighted by atomic mass is 10.0. The van der Waals surface area contributed by atoms with Crippen molar-refractivity contribution in [1.82, 2.24) is 0 Å². The minimum atomic E-state index is -0.775. The number of carbonyl (C=O) groups excluding carboxylic acids is 3. The van der Waals surface area contributed by atoms with Crippen molar-refractivity contribution < 1.29 is 28.6 Å². The summed E-state index contributed by atoms with van der Waals surface area (Å²) in [6, 6.07) is 0. The quantitative estimate of drug-likeness (QED) is 0.0261. The van der Waals surface area contributed by atoms with Gasteiger partial charge < -0.3 is 14.2 Å². The fourth-order valence-electron chi connectivity index (χ4n) is 8.74. The van der Waals surface area contributed by atoms with Gasteiger partial charge in [0.2, 0.25) is 0 Å². The van der Waals surface area contributed by atoms with E-state index in [-0.39, 0.29) is 31.1 Å². The third-order valence-corrected chi connectivity index (χ3v) is 13.4. The Balaban J connectivity index is 3.96. The van der Waals surface area contributed by atoms with Gasteiger partial charge in [0.25, 0.3) is 0 Å². The molecule has 0 amide bonds. The van der Waals surface area contributed by atoms with E-state index in [2.05, 4.69) is 106 Å². The number of hydrogen-bond donors (Lipinski definition) is 0. The van der Waals surface area contributed by atoms with E-state index >= 15 is 0 Å². The largest absolute Gasteiger partial charge is 0.462 e. The number of ether oxygens (including phenoxy) is 3. The van der Waals surface area contributed by atoms with Gasteiger partial charge in [-0.05, 0) is 96.3 Å². The zero-order chi connectivity index (χ0) is 52.9. The van der Waals surface area contributed by atoms with Crippen LogP contribution in [0, 0.1) is 0 Å². The summed E-state index contributed by atoms with van der Waals surface area (Å²) in [4.78, 5) is 37.8. The first kappa shape index (κ1) is 69.6. The predicted molar refractivity (Wildman–Crippen MR) is 316 cm³/mol. The second-order valence-electron chi connectivity index (χ2n) is 20.6. The van der Waals surface area contributed by atoms with E-state index in [1.54, 1.807) is 0 Å². The molecule has 0 heterocycles. The summed E-state index contributed by atoms with van der Waals surface area (Å²) in [7, 11) is 0. The van der Waals surface area contributed by atoms with Crippen LogP contribution < -0.4 is 0 Å². The first-order chi connectivity index (χ1) is 36.0. The van der Waals surface area contributed by atoms with E-state index in [0.29, 0.717) is 19.3 Å². The topological polar surface area (TPSA) is 78.9 Å². The van der Waals surface area contributed by atoms with E-state index in [0.717, 1.165) is 109 Å². The number of allylic oxidation sites excluding steroid dienone is 14. The second-order valence-corrected chi connectivity index (χ2v) is 20.6. The Labute approximate surface area is 452 Å². The monoisotopic (exact) mass is 1020 g/mol. The molecule has 0 fully saturated rings. The molecule has 420 valence electrons. The zero-order valence-corrected chi connectivity index (χ0v) is 48.1. The van der Waals surface area contributed by atoms with Gasteiger partial charge in [-0.15, -0.1) is 0 Å². The average molecular weight is 1020 g/mol. The molecule has 0 aromatic heterocycles. The third kappa shape index (κ3) is 59.3. The highest BCUT2D eigenvalue weighted by Gasteiger charge is 2.19. The molecule has 0 aromatic carbocycles. The Hall–Kier alpha value is -3.41. The fraction of sp³-hybridized carbons (Fsp3) is 0.746. The molecule has 0 aliphatic carbocycles. The molecule has 1 unspecified atom stereocenters. The SMILES string of the molecule is CC/C=C\C/C=C\C/C=C\C/C=C\C/C=C\CCCCCCCCCCCCCCCCCCCC(=O)OCC(COC(=O)CCCCCCC)OC(=O)CCCCCCCCC/C=C\C/C=C\CCCCC. The normalized spacial score (nSPS) is 12.6. The third-order valence-electron chi connectivity index (χ3n) is 13.4. The molecular weight excluding hydrogens is 901 g/mol. The van der Waals surface area contributed by atoms with Gasteiger partial charge in [-0.3, -0.25) is 14.4 Å². The number of carbonyl (C=O) groups is 3. The van der Waals surface area contributed by atoms with Gasteiger partial charge in [0.15, 0.2) is 6.10 Å². The van der Waals surface area contributed by atoms with Crippen molar-refractivity contribution in [3.05, 3.63) is 85.1 Å². The van der Waals surface area contributed by atoms with E-state index in [1.165, 1.54) is 154 Å². The number of rotatable bonds is 56.